The molecule has 3 aromatic carbocycles. The summed E-state index contributed by atoms with van der Waals surface area (Å²) in [7, 11) is 0. The topological polar surface area (TPSA) is 162 Å². The SMILES string of the molecule is O=C(Nc1ccc(C(=O)[O-])c(C(=O)[O-])c1)c1ccc(Oc2ccc([N+](=O)[O-])cc2)cc1. The monoisotopic (exact) mass is 420 g/mol. The van der Waals surface area contributed by atoms with Crippen LogP contribution >= 0.6 is 0 Å². The van der Waals surface area contributed by atoms with E-state index in [1.807, 2.05) is 0 Å². The van der Waals surface area contributed by atoms with Gasteiger partial charge >= 0.3 is 0 Å². The fraction of sp³-hybridized carbons (Fsp3) is 0. The lowest BCUT2D eigenvalue weighted by Crippen LogP contribution is -2.30. The van der Waals surface area contributed by atoms with E-state index in [1.165, 1.54) is 54.6 Å². The predicted molar refractivity (Wildman–Crippen MR) is 103 cm³/mol. The van der Waals surface area contributed by atoms with E-state index in [2.05, 4.69) is 5.32 Å². The number of carboxylic acids is 2. The largest absolute Gasteiger partial charge is 0.545 e. The molecule has 0 radical (unpaired) electrons. The van der Waals surface area contributed by atoms with Gasteiger partial charge in [-0.05, 0) is 48.5 Å². The van der Waals surface area contributed by atoms with Crippen LogP contribution in [0.3, 0.4) is 0 Å². The molecule has 10 heteroatoms. The Kier molecular flexibility index (Phi) is 5.92. The first-order valence-corrected chi connectivity index (χ1v) is 8.65. The highest BCUT2D eigenvalue weighted by atomic mass is 16.6. The third kappa shape index (κ3) is 5.01. The fourth-order valence-electron chi connectivity index (χ4n) is 2.62. The van der Waals surface area contributed by atoms with Gasteiger partial charge in [0.2, 0.25) is 0 Å². The Morgan fingerprint density at radius 3 is 1.84 bits per heavy atom. The van der Waals surface area contributed by atoms with Crippen molar-refractivity contribution in [1.29, 1.82) is 0 Å². The average Bonchev–Trinajstić information content (AvgIpc) is 2.74. The number of carbonyl (C=O) groups excluding carboxylic acids is 3. The summed E-state index contributed by atoms with van der Waals surface area (Å²) in [5.74, 6) is -3.23. The molecule has 10 nitrogen and oxygen atoms in total. The van der Waals surface area contributed by atoms with Gasteiger partial charge in [-0.15, -0.1) is 0 Å². The maximum absolute atomic E-state index is 12.4. The first-order valence-electron chi connectivity index (χ1n) is 8.65. The Bertz CT molecular complexity index is 1170. The second-order valence-corrected chi connectivity index (χ2v) is 6.17. The molecule has 0 saturated carbocycles. The summed E-state index contributed by atoms with van der Waals surface area (Å²) >= 11 is 0. The van der Waals surface area contributed by atoms with Crippen LogP contribution in [0.15, 0.2) is 66.7 Å². The van der Waals surface area contributed by atoms with E-state index < -0.39 is 33.9 Å². The molecule has 0 unspecified atom stereocenters. The number of nitro groups is 1. The van der Waals surface area contributed by atoms with E-state index in [4.69, 9.17) is 4.74 Å². The minimum atomic E-state index is -1.72. The van der Waals surface area contributed by atoms with Crippen molar-refractivity contribution in [2.75, 3.05) is 5.32 Å². The minimum Gasteiger partial charge on any atom is -0.545 e. The van der Waals surface area contributed by atoms with Gasteiger partial charge in [0.1, 0.15) is 11.5 Å². The van der Waals surface area contributed by atoms with E-state index in [-0.39, 0.29) is 16.9 Å². The number of ether oxygens (including phenoxy) is 1. The number of anilines is 1. The van der Waals surface area contributed by atoms with Crippen LogP contribution in [0.4, 0.5) is 11.4 Å². The van der Waals surface area contributed by atoms with Crippen LogP contribution in [-0.4, -0.2) is 22.8 Å². The van der Waals surface area contributed by atoms with Gasteiger partial charge in [-0.3, -0.25) is 14.9 Å². The zero-order valence-electron chi connectivity index (χ0n) is 15.6. The molecule has 0 heterocycles. The van der Waals surface area contributed by atoms with Crippen molar-refractivity contribution in [3.63, 3.8) is 0 Å². The van der Waals surface area contributed by atoms with Crippen LogP contribution in [-0.2, 0) is 0 Å². The molecule has 1 amide bonds. The van der Waals surface area contributed by atoms with Crippen LogP contribution in [0.25, 0.3) is 0 Å². The van der Waals surface area contributed by atoms with Crippen LogP contribution < -0.4 is 20.3 Å². The number of benzene rings is 3. The van der Waals surface area contributed by atoms with Gasteiger partial charge in [0, 0.05) is 34.5 Å². The first kappa shape index (κ1) is 21.0. The fourth-order valence-corrected chi connectivity index (χ4v) is 2.62. The molecule has 31 heavy (non-hydrogen) atoms. The zero-order chi connectivity index (χ0) is 22.5. The molecular weight excluding hydrogens is 408 g/mol. The molecule has 0 spiro atoms. The number of nitrogens with one attached hydrogen (secondary N) is 1. The molecule has 3 aromatic rings. The number of aromatic carboxylic acids is 2. The number of hydrogen-bond donors (Lipinski definition) is 1. The van der Waals surface area contributed by atoms with Crippen LogP contribution in [0, 0.1) is 10.1 Å². The van der Waals surface area contributed by atoms with E-state index in [1.54, 1.807) is 0 Å². The van der Waals surface area contributed by atoms with E-state index in [9.17, 15) is 34.7 Å². The van der Waals surface area contributed by atoms with Crippen LogP contribution in [0.1, 0.15) is 31.1 Å². The number of hydrogen-bond acceptors (Lipinski definition) is 8. The van der Waals surface area contributed by atoms with Crippen molar-refractivity contribution in [2.24, 2.45) is 0 Å². The number of carboxylic acid groups (broad SMARTS) is 2. The molecule has 156 valence electrons. The first-order chi connectivity index (χ1) is 14.7. The van der Waals surface area contributed by atoms with Crippen molar-refractivity contribution in [1.82, 2.24) is 0 Å². The summed E-state index contributed by atoms with van der Waals surface area (Å²) < 4.78 is 5.56. The van der Waals surface area contributed by atoms with Gasteiger partial charge in [-0.1, -0.05) is 6.07 Å². The third-order valence-corrected chi connectivity index (χ3v) is 4.12. The predicted octanol–water partition coefficient (Wildman–Crippen LogP) is 1.37. The maximum atomic E-state index is 12.4. The second kappa shape index (κ2) is 8.74. The molecule has 0 aliphatic carbocycles. The van der Waals surface area contributed by atoms with E-state index >= 15 is 0 Å². The summed E-state index contributed by atoms with van der Waals surface area (Å²) in [6.45, 7) is 0. The zero-order valence-corrected chi connectivity index (χ0v) is 15.6. The van der Waals surface area contributed by atoms with E-state index in [0.29, 0.717) is 11.5 Å². The molecule has 0 aromatic heterocycles. The van der Waals surface area contributed by atoms with E-state index in [0.717, 1.165) is 12.1 Å². The molecule has 0 aliphatic heterocycles. The molecule has 0 atom stereocenters. The Morgan fingerprint density at radius 1 is 0.774 bits per heavy atom. The van der Waals surface area contributed by atoms with Gasteiger partial charge in [-0.2, -0.15) is 0 Å². The molecule has 0 bridgehead atoms. The van der Waals surface area contributed by atoms with Crippen molar-refractivity contribution < 1.29 is 34.3 Å². The number of nitro benzene ring substituents is 1. The third-order valence-electron chi connectivity index (χ3n) is 4.12. The van der Waals surface area contributed by atoms with Crippen molar-refractivity contribution >= 4 is 29.2 Å². The van der Waals surface area contributed by atoms with Gasteiger partial charge < -0.3 is 29.9 Å². The Balaban J connectivity index is 1.70. The second-order valence-electron chi connectivity index (χ2n) is 6.17. The maximum Gasteiger partial charge on any atom is 0.269 e. The quantitative estimate of drug-likeness (QED) is 0.442. The smallest absolute Gasteiger partial charge is 0.269 e. The molecular formula is C21H12N2O8-2. The minimum absolute atomic E-state index is 0.0559. The Hall–Kier alpha value is -4.73. The van der Waals surface area contributed by atoms with Gasteiger partial charge in [0.15, 0.2) is 0 Å². The number of rotatable bonds is 7. The Morgan fingerprint density at radius 2 is 1.32 bits per heavy atom. The molecule has 0 saturated heterocycles. The summed E-state index contributed by atoms with van der Waals surface area (Å²) in [6, 6.07) is 14.5. The number of non-ortho nitro benzene ring substituents is 1. The normalized spacial score (nSPS) is 10.2. The van der Waals surface area contributed by atoms with Gasteiger partial charge in [0.05, 0.1) is 16.9 Å². The number of amides is 1. The summed E-state index contributed by atoms with van der Waals surface area (Å²) in [4.78, 5) is 44.6. The highest BCUT2D eigenvalue weighted by Crippen LogP contribution is 2.24. The summed E-state index contributed by atoms with van der Waals surface area (Å²) in [6.07, 6.45) is 0. The van der Waals surface area contributed by atoms with Gasteiger partial charge in [0.25, 0.3) is 11.6 Å². The lowest BCUT2D eigenvalue weighted by atomic mass is 10.1. The van der Waals surface area contributed by atoms with Crippen molar-refractivity contribution in [3.05, 3.63) is 93.5 Å². The summed E-state index contributed by atoms with van der Waals surface area (Å²) in [5, 5.41) is 35.2. The lowest BCUT2D eigenvalue weighted by molar-refractivity contribution is -0.384. The molecule has 1 N–H and O–H groups in total. The molecule has 0 aliphatic rings. The highest BCUT2D eigenvalue weighted by molar-refractivity contribution is 6.06. The molecule has 0 fully saturated rings. The number of nitrogens with zero attached hydrogens (tertiary/aromatic N) is 1. The standard InChI is InChI=1S/C21H14N2O8/c24-19(22-13-3-10-17(20(25)26)18(11-13)21(27)28)12-1-6-15(7-2-12)31-16-8-4-14(5-9-16)23(29)30/h1-11H,(H,22,24)(H,25,26)(H,27,28)/p-2. The average molecular weight is 420 g/mol. The summed E-state index contributed by atoms with van der Waals surface area (Å²) in [5.41, 5.74) is -0.986. The van der Waals surface area contributed by atoms with Crippen molar-refractivity contribution in [2.45, 2.75) is 0 Å². The van der Waals surface area contributed by atoms with Gasteiger partial charge in [-0.25, -0.2) is 0 Å². The Labute approximate surface area is 174 Å². The highest BCUT2D eigenvalue weighted by Gasteiger charge is 2.11. The van der Waals surface area contributed by atoms with Crippen molar-refractivity contribution in [3.8, 4) is 11.5 Å². The number of carbonyl (C=O) groups is 3. The van der Waals surface area contributed by atoms with Crippen LogP contribution in [0.2, 0.25) is 0 Å². The molecule has 3 rings (SSSR count). The van der Waals surface area contributed by atoms with Crippen LogP contribution in [0.5, 0.6) is 11.5 Å². The lowest BCUT2D eigenvalue weighted by Gasteiger charge is -2.14.